The van der Waals surface area contributed by atoms with Gasteiger partial charge in [0.2, 0.25) is 0 Å². The van der Waals surface area contributed by atoms with Gasteiger partial charge < -0.3 is 9.84 Å². The maximum atomic E-state index is 13.2. The Morgan fingerprint density at radius 1 is 1.53 bits per heavy atom. The third-order valence-electron chi connectivity index (χ3n) is 3.39. The fourth-order valence-corrected chi connectivity index (χ4v) is 2.34. The molecule has 1 aliphatic rings. The van der Waals surface area contributed by atoms with Crippen LogP contribution in [0, 0.1) is 5.82 Å². The van der Waals surface area contributed by atoms with Crippen molar-refractivity contribution >= 4 is 0 Å². The number of ether oxygens (including phenoxy) is 1. The highest BCUT2D eigenvalue weighted by Crippen LogP contribution is 2.40. The zero-order valence-electron chi connectivity index (χ0n) is 10.6. The van der Waals surface area contributed by atoms with Crippen molar-refractivity contribution < 1.29 is 14.2 Å². The Balaban J connectivity index is 1.90. The summed E-state index contributed by atoms with van der Waals surface area (Å²) in [7, 11) is 0. The number of benzene rings is 1. The van der Waals surface area contributed by atoms with Crippen molar-refractivity contribution in [1.82, 2.24) is 9.78 Å². The van der Waals surface area contributed by atoms with E-state index in [-0.39, 0.29) is 11.9 Å². The van der Waals surface area contributed by atoms with Gasteiger partial charge in [0.05, 0.1) is 12.3 Å². The maximum absolute atomic E-state index is 13.2. The Morgan fingerprint density at radius 3 is 3.11 bits per heavy atom. The minimum Gasteiger partial charge on any atom is -0.485 e. The molecule has 0 aliphatic carbocycles. The van der Waals surface area contributed by atoms with Gasteiger partial charge in [-0.25, -0.2) is 4.39 Å². The van der Waals surface area contributed by atoms with Crippen LogP contribution >= 0.6 is 0 Å². The fourth-order valence-electron chi connectivity index (χ4n) is 2.34. The summed E-state index contributed by atoms with van der Waals surface area (Å²) < 4.78 is 20.8. The monoisotopic (exact) mass is 262 g/mol. The highest BCUT2D eigenvalue weighted by atomic mass is 19.1. The van der Waals surface area contributed by atoms with Crippen molar-refractivity contribution in [2.24, 2.45) is 0 Å². The van der Waals surface area contributed by atoms with E-state index in [1.165, 1.54) is 12.1 Å². The van der Waals surface area contributed by atoms with Gasteiger partial charge in [-0.1, -0.05) is 0 Å². The maximum Gasteiger partial charge on any atom is 0.130 e. The molecule has 1 N–H and O–H groups in total. The fraction of sp³-hybridized carbons (Fsp3) is 0.357. The number of aryl methyl sites for hydroxylation is 1. The van der Waals surface area contributed by atoms with E-state index < -0.39 is 6.10 Å². The lowest BCUT2D eigenvalue weighted by Crippen LogP contribution is -2.18. The normalized spacial score (nSPS) is 21.8. The van der Waals surface area contributed by atoms with Gasteiger partial charge in [-0.05, 0) is 25.1 Å². The molecule has 3 rings (SSSR count). The van der Waals surface area contributed by atoms with Crippen LogP contribution in [0.1, 0.15) is 36.7 Å². The van der Waals surface area contributed by atoms with Crippen molar-refractivity contribution in [3.8, 4) is 5.75 Å². The number of aliphatic hydroxyl groups excluding tert-OH is 1. The number of nitrogens with zero attached hydrogens (tertiary/aromatic N) is 2. The molecule has 1 aromatic carbocycles. The molecule has 0 radical (unpaired) electrons. The molecule has 2 aromatic rings. The smallest absolute Gasteiger partial charge is 0.130 e. The zero-order chi connectivity index (χ0) is 13.4. The molecule has 1 aromatic heterocycles. The molecular weight excluding hydrogens is 247 g/mol. The molecule has 0 saturated heterocycles. The topological polar surface area (TPSA) is 47.3 Å². The summed E-state index contributed by atoms with van der Waals surface area (Å²) in [5.74, 6) is 0.174. The van der Waals surface area contributed by atoms with Crippen LogP contribution in [-0.4, -0.2) is 14.9 Å². The van der Waals surface area contributed by atoms with Crippen LogP contribution in [0.25, 0.3) is 0 Å². The lowest BCUT2D eigenvalue weighted by molar-refractivity contribution is 0.0653. The molecule has 0 amide bonds. The first kappa shape index (κ1) is 12.2. The molecule has 1 aliphatic heterocycles. The van der Waals surface area contributed by atoms with Gasteiger partial charge in [-0.2, -0.15) is 5.10 Å². The highest BCUT2D eigenvalue weighted by Gasteiger charge is 2.29. The molecule has 0 bridgehead atoms. The van der Waals surface area contributed by atoms with Gasteiger partial charge in [-0.3, -0.25) is 4.68 Å². The minimum atomic E-state index is -0.713. The largest absolute Gasteiger partial charge is 0.485 e. The first-order valence-electron chi connectivity index (χ1n) is 6.34. The molecule has 100 valence electrons. The Bertz CT molecular complexity index is 597. The van der Waals surface area contributed by atoms with Gasteiger partial charge in [0.15, 0.2) is 0 Å². The van der Waals surface area contributed by atoms with Crippen molar-refractivity contribution in [1.29, 1.82) is 0 Å². The lowest BCUT2D eigenvalue weighted by atomic mass is 9.96. The van der Waals surface area contributed by atoms with E-state index in [4.69, 9.17) is 4.74 Å². The summed E-state index contributed by atoms with van der Waals surface area (Å²) >= 11 is 0. The van der Waals surface area contributed by atoms with E-state index in [0.717, 1.165) is 12.1 Å². The van der Waals surface area contributed by atoms with Crippen LogP contribution in [0.2, 0.25) is 0 Å². The Labute approximate surface area is 110 Å². The average Bonchev–Trinajstić information content (AvgIpc) is 2.88. The van der Waals surface area contributed by atoms with Crippen LogP contribution in [0.4, 0.5) is 4.39 Å². The van der Waals surface area contributed by atoms with Crippen molar-refractivity contribution in [3.05, 3.63) is 47.5 Å². The standard InChI is InChI=1S/C14H15FN2O2/c1-2-17-8-9(7-16-17)14-6-12(18)11-5-10(15)3-4-13(11)19-14/h3-5,7-8,12,14,18H,2,6H2,1H3/t12-,14?/m1/s1. The molecular formula is C14H15FN2O2. The summed E-state index contributed by atoms with van der Waals surface area (Å²) in [6, 6.07) is 4.22. The lowest BCUT2D eigenvalue weighted by Gasteiger charge is -2.29. The van der Waals surface area contributed by atoms with E-state index in [1.807, 2.05) is 17.8 Å². The first-order chi connectivity index (χ1) is 9.17. The van der Waals surface area contributed by atoms with Crippen LogP contribution in [0.15, 0.2) is 30.6 Å². The van der Waals surface area contributed by atoms with Crippen molar-refractivity contribution in [3.63, 3.8) is 0 Å². The Morgan fingerprint density at radius 2 is 2.37 bits per heavy atom. The van der Waals surface area contributed by atoms with Gasteiger partial charge in [0, 0.05) is 30.3 Å². The molecule has 0 saturated carbocycles. The second-order valence-electron chi connectivity index (χ2n) is 4.67. The van der Waals surface area contributed by atoms with E-state index >= 15 is 0 Å². The predicted octanol–water partition coefficient (Wildman–Crippen LogP) is 2.60. The third-order valence-corrected chi connectivity index (χ3v) is 3.39. The SMILES string of the molecule is CCn1cc(C2C[C@@H](O)c3cc(F)ccc3O2)cn1. The quantitative estimate of drug-likeness (QED) is 0.905. The van der Waals surface area contributed by atoms with E-state index in [9.17, 15) is 9.50 Å². The molecule has 0 spiro atoms. The number of fused-ring (bicyclic) bond motifs is 1. The van der Waals surface area contributed by atoms with Crippen molar-refractivity contribution in [2.45, 2.75) is 32.1 Å². The van der Waals surface area contributed by atoms with Crippen LogP contribution in [0.3, 0.4) is 0 Å². The van der Waals surface area contributed by atoms with Crippen LogP contribution in [-0.2, 0) is 6.54 Å². The average molecular weight is 262 g/mol. The van der Waals surface area contributed by atoms with Gasteiger partial charge in [-0.15, -0.1) is 0 Å². The van der Waals surface area contributed by atoms with Gasteiger partial charge >= 0.3 is 0 Å². The van der Waals surface area contributed by atoms with E-state index in [0.29, 0.717) is 17.7 Å². The molecule has 1 unspecified atom stereocenters. The molecule has 0 fully saturated rings. The number of hydrogen-bond donors (Lipinski definition) is 1. The van der Waals surface area contributed by atoms with E-state index in [2.05, 4.69) is 5.10 Å². The van der Waals surface area contributed by atoms with Gasteiger partial charge in [0.25, 0.3) is 0 Å². The van der Waals surface area contributed by atoms with Crippen LogP contribution in [0.5, 0.6) is 5.75 Å². The summed E-state index contributed by atoms with van der Waals surface area (Å²) in [6.07, 6.45) is 3.11. The number of aliphatic hydroxyl groups is 1. The molecule has 4 nitrogen and oxygen atoms in total. The second kappa shape index (κ2) is 4.66. The summed E-state index contributed by atoms with van der Waals surface area (Å²) in [4.78, 5) is 0. The molecule has 19 heavy (non-hydrogen) atoms. The number of hydrogen-bond acceptors (Lipinski definition) is 3. The van der Waals surface area contributed by atoms with E-state index in [1.54, 1.807) is 12.3 Å². The summed E-state index contributed by atoms with van der Waals surface area (Å²) in [6.45, 7) is 2.79. The number of rotatable bonds is 2. The first-order valence-corrected chi connectivity index (χ1v) is 6.34. The molecule has 5 heteroatoms. The van der Waals surface area contributed by atoms with Crippen molar-refractivity contribution in [2.75, 3.05) is 0 Å². The van der Waals surface area contributed by atoms with Crippen LogP contribution < -0.4 is 4.74 Å². The summed E-state index contributed by atoms with van der Waals surface area (Å²) in [5, 5.41) is 14.3. The summed E-state index contributed by atoms with van der Waals surface area (Å²) in [5.41, 5.74) is 1.44. The molecule has 2 atom stereocenters. The zero-order valence-corrected chi connectivity index (χ0v) is 10.6. The van der Waals surface area contributed by atoms with Gasteiger partial charge in [0.1, 0.15) is 17.7 Å². The second-order valence-corrected chi connectivity index (χ2v) is 4.67. The minimum absolute atomic E-state index is 0.242. The number of halogens is 1. The third kappa shape index (κ3) is 2.21. The Hall–Kier alpha value is -1.88. The molecule has 2 heterocycles. The predicted molar refractivity (Wildman–Crippen MR) is 67.2 cm³/mol. The highest BCUT2D eigenvalue weighted by molar-refractivity contribution is 5.38. The Kier molecular flexibility index (Phi) is 2.98. The number of aromatic nitrogens is 2.